The minimum Gasteiger partial charge on any atom is -0.352 e. The molecule has 2 aromatic rings. The van der Waals surface area contributed by atoms with Crippen molar-refractivity contribution in [2.24, 2.45) is 5.92 Å². The van der Waals surface area contributed by atoms with Crippen molar-refractivity contribution in [3.05, 3.63) is 64.7 Å². The monoisotopic (exact) mass is 338 g/mol. The number of hydrogen-bond acceptors (Lipinski definition) is 2. The van der Waals surface area contributed by atoms with Crippen LogP contribution in [0.25, 0.3) is 0 Å². The zero-order valence-corrected chi connectivity index (χ0v) is 15.3. The van der Waals surface area contributed by atoms with Gasteiger partial charge in [0.25, 0.3) is 11.8 Å². The van der Waals surface area contributed by atoms with Gasteiger partial charge in [-0.1, -0.05) is 37.6 Å². The summed E-state index contributed by atoms with van der Waals surface area (Å²) in [7, 11) is 0. The molecule has 4 nitrogen and oxygen atoms in total. The van der Waals surface area contributed by atoms with Crippen LogP contribution in [-0.2, 0) is 0 Å². The average molecular weight is 338 g/mol. The Kier molecular flexibility index (Phi) is 6.34. The molecule has 0 saturated carbocycles. The lowest BCUT2D eigenvalue weighted by molar-refractivity contribution is 0.0952. The molecule has 0 aromatic heterocycles. The molecule has 0 radical (unpaired) electrons. The van der Waals surface area contributed by atoms with Crippen molar-refractivity contribution in [2.45, 2.75) is 34.1 Å². The van der Waals surface area contributed by atoms with E-state index < -0.39 is 0 Å². The second-order valence-corrected chi connectivity index (χ2v) is 6.79. The Balaban J connectivity index is 2.06. The van der Waals surface area contributed by atoms with E-state index in [1.165, 1.54) is 0 Å². The summed E-state index contributed by atoms with van der Waals surface area (Å²) in [6, 6.07) is 12.7. The van der Waals surface area contributed by atoms with E-state index >= 15 is 0 Å². The van der Waals surface area contributed by atoms with E-state index in [1.807, 2.05) is 32.0 Å². The lowest BCUT2D eigenvalue weighted by Crippen LogP contribution is -2.25. The highest BCUT2D eigenvalue weighted by atomic mass is 16.2. The molecule has 0 atom stereocenters. The van der Waals surface area contributed by atoms with Gasteiger partial charge in [-0.25, -0.2) is 0 Å². The quantitative estimate of drug-likeness (QED) is 0.823. The van der Waals surface area contributed by atoms with Crippen molar-refractivity contribution in [3.63, 3.8) is 0 Å². The summed E-state index contributed by atoms with van der Waals surface area (Å²) in [6.45, 7) is 8.84. The zero-order chi connectivity index (χ0) is 18.4. The van der Waals surface area contributed by atoms with Gasteiger partial charge in [0.2, 0.25) is 0 Å². The summed E-state index contributed by atoms with van der Waals surface area (Å²) < 4.78 is 0. The molecule has 2 aromatic carbocycles. The predicted octanol–water partition coefficient (Wildman–Crippen LogP) is 4.33. The predicted molar refractivity (Wildman–Crippen MR) is 102 cm³/mol. The number of hydrogen-bond donors (Lipinski definition) is 2. The fourth-order valence-corrected chi connectivity index (χ4v) is 2.53. The standard InChI is InChI=1S/C21H26N2O2/c1-14(2)10-11-22-20(24)17-6-5-7-18(13-17)21(25)23-19-9-8-15(3)12-16(19)4/h5-9,12-14H,10-11H2,1-4H3,(H,22,24)(H,23,25). The van der Waals surface area contributed by atoms with Crippen LogP contribution in [0, 0.1) is 19.8 Å². The Morgan fingerprint density at radius 2 is 1.64 bits per heavy atom. The highest BCUT2D eigenvalue weighted by Gasteiger charge is 2.11. The van der Waals surface area contributed by atoms with Gasteiger partial charge in [-0.3, -0.25) is 9.59 Å². The number of nitrogens with one attached hydrogen (secondary N) is 2. The zero-order valence-electron chi connectivity index (χ0n) is 15.3. The van der Waals surface area contributed by atoms with Crippen LogP contribution >= 0.6 is 0 Å². The van der Waals surface area contributed by atoms with Gasteiger partial charge in [-0.2, -0.15) is 0 Å². The van der Waals surface area contributed by atoms with Crippen LogP contribution in [0.4, 0.5) is 5.69 Å². The van der Waals surface area contributed by atoms with Crippen LogP contribution in [0.2, 0.25) is 0 Å². The maximum absolute atomic E-state index is 12.5. The van der Waals surface area contributed by atoms with Gasteiger partial charge in [-0.05, 0) is 56.0 Å². The second-order valence-electron chi connectivity index (χ2n) is 6.79. The molecule has 0 fully saturated rings. The normalized spacial score (nSPS) is 10.6. The molecular formula is C21H26N2O2. The molecule has 0 aliphatic rings. The molecule has 4 heteroatoms. The highest BCUT2D eigenvalue weighted by molar-refractivity contribution is 6.06. The van der Waals surface area contributed by atoms with E-state index in [4.69, 9.17) is 0 Å². The SMILES string of the molecule is Cc1ccc(NC(=O)c2cccc(C(=O)NCCC(C)C)c2)c(C)c1. The van der Waals surface area contributed by atoms with Crippen molar-refractivity contribution < 1.29 is 9.59 Å². The van der Waals surface area contributed by atoms with E-state index in [0.717, 1.165) is 23.2 Å². The van der Waals surface area contributed by atoms with Crippen molar-refractivity contribution >= 4 is 17.5 Å². The molecule has 2 N–H and O–H groups in total. The maximum atomic E-state index is 12.5. The molecule has 0 aliphatic heterocycles. The summed E-state index contributed by atoms with van der Waals surface area (Å²) >= 11 is 0. The van der Waals surface area contributed by atoms with Crippen molar-refractivity contribution in [1.82, 2.24) is 5.32 Å². The largest absolute Gasteiger partial charge is 0.352 e. The van der Waals surface area contributed by atoms with Crippen LogP contribution in [0.15, 0.2) is 42.5 Å². The first kappa shape index (κ1) is 18.7. The van der Waals surface area contributed by atoms with Crippen molar-refractivity contribution in [2.75, 3.05) is 11.9 Å². The minimum atomic E-state index is -0.219. The van der Waals surface area contributed by atoms with Gasteiger partial charge in [0.15, 0.2) is 0 Å². The van der Waals surface area contributed by atoms with E-state index in [2.05, 4.69) is 24.5 Å². The Morgan fingerprint density at radius 3 is 2.28 bits per heavy atom. The highest BCUT2D eigenvalue weighted by Crippen LogP contribution is 2.17. The molecule has 0 aliphatic carbocycles. The minimum absolute atomic E-state index is 0.151. The Bertz CT molecular complexity index is 766. The second kappa shape index (κ2) is 8.47. The third-order valence-electron chi connectivity index (χ3n) is 4.02. The van der Waals surface area contributed by atoms with Crippen LogP contribution in [0.3, 0.4) is 0 Å². The first-order chi connectivity index (χ1) is 11.9. The number of amides is 2. The smallest absolute Gasteiger partial charge is 0.255 e. The van der Waals surface area contributed by atoms with Gasteiger partial charge < -0.3 is 10.6 Å². The topological polar surface area (TPSA) is 58.2 Å². The third kappa shape index (κ3) is 5.45. The molecule has 0 bridgehead atoms. The van der Waals surface area contributed by atoms with Crippen LogP contribution < -0.4 is 10.6 Å². The first-order valence-corrected chi connectivity index (χ1v) is 8.63. The fraction of sp³-hybridized carbons (Fsp3) is 0.333. The summed E-state index contributed by atoms with van der Waals surface area (Å²) in [6.07, 6.45) is 0.929. The summed E-state index contributed by atoms with van der Waals surface area (Å²) in [5.41, 5.74) is 3.91. The molecule has 0 unspecified atom stereocenters. The summed E-state index contributed by atoms with van der Waals surface area (Å²) in [5, 5.41) is 5.80. The van der Waals surface area contributed by atoms with E-state index in [1.54, 1.807) is 24.3 Å². The van der Waals surface area contributed by atoms with Gasteiger partial charge in [-0.15, -0.1) is 0 Å². The molecular weight excluding hydrogens is 312 g/mol. The van der Waals surface area contributed by atoms with Crippen LogP contribution in [0.1, 0.15) is 52.1 Å². The average Bonchev–Trinajstić information content (AvgIpc) is 2.57. The van der Waals surface area contributed by atoms with Gasteiger partial charge in [0.05, 0.1) is 0 Å². The van der Waals surface area contributed by atoms with Crippen molar-refractivity contribution in [1.29, 1.82) is 0 Å². The summed E-state index contributed by atoms with van der Waals surface area (Å²) in [5.74, 6) is 0.167. The molecule has 2 rings (SSSR count). The van der Waals surface area contributed by atoms with E-state index in [9.17, 15) is 9.59 Å². The van der Waals surface area contributed by atoms with E-state index in [0.29, 0.717) is 23.6 Å². The third-order valence-corrected chi connectivity index (χ3v) is 4.02. The molecule has 132 valence electrons. The molecule has 0 spiro atoms. The number of benzene rings is 2. The number of aryl methyl sites for hydroxylation is 2. The van der Waals surface area contributed by atoms with Crippen molar-refractivity contribution in [3.8, 4) is 0 Å². The van der Waals surface area contributed by atoms with Crippen LogP contribution in [0.5, 0.6) is 0 Å². The number of carbonyl (C=O) groups excluding carboxylic acids is 2. The Labute approximate surface area is 149 Å². The van der Waals surface area contributed by atoms with Crippen LogP contribution in [-0.4, -0.2) is 18.4 Å². The lowest BCUT2D eigenvalue weighted by atomic mass is 10.1. The molecule has 0 saturated heterocycles. The van der Waals surface area contributed by atoms with Gasteiger partial charge in [0.1, 0.15) is 0 Å². The summed E-state index contributed by atoms with van der Waals surface area (Å²) in [4.78, 5) is 24.7. The molecule has 25 heavy (non-hydrogen) atoms. The lowest BCUT2D eigenvalue weighted by Gasteiger charge is -2.11. The Hall–Kier alpha value is -2.62. The van der Waals surface area contributed by atoms with Gasteiger partial charge in [0, 0.05) is 23.4 Å². The van der Waals surface area contributed by atoms with E-state index in [-0.39, 0.29) is 11.8 Å². The number of rotatable bonds is 6. The number of anilines is 1. The van der Waals surface area contributed by atoms with Gasteiger partial charge >= 0.3 is 0 Å². The maximum Gasteiger partial charge on any atom is 0.255 e. The molecule has 2 amide bonds. The fourth-order valence-electron chi connectivity index (χ4n) is 2.53. The molecule has 0 heterocycles. The Morgan fingerprint density at radius 1 is 0.960 bits per heavy atom. The number of carbonyl (C=O) groups is 2. The first-order valence-electron chi connectivity index (χ1n) is 8.63.